The van der Waals surface area contributed by atoms with Crippen LogP contribution in [-0.4, -0.2) is 28.5 Å². The molecule has 2 aliphatic rings. The van der Waals surface area contributed by atoms with Crippen LogP contribution in [0, 0.1) is 13.8 Å². The quantitative estimate of drug-likeness (QED) is 0.297. The molecule has 0 saturated carbocycles. The molecule has 2 aromatic carbocycles. The van der Waals surface area contributed by atoms with E-state index in [1.54, 1.807) is 18.4 Å². The minimum atomic E-state index is -0.635. The number of carbonyl (C=O) groups is 1. The van der Waals surface area contributed by atoms with Crippen LogP contribution in [0.2, 0.25) is 0 Å². The Hall–Kier alpha value is -4.37. The summed E-state index contributed by atoms with van der Waals surface area (Å²) in [5.41, 5.74) is 6.65. The van der Waals surface area contributed by atoms with E-state index in [4.69, 9.17) is 19.2 Å². The fourth-order valence-electron chi connectivity index (χ4n) is 5.67. The Morgan fingerprint density at radius 2 is 1.83 bits per heavy atom. The van der Waals surface area contributed by atoms with E-state index in [-0.39, 0.29) is 19.0 Å². The lowest BCUT2D eigenvalue weighted by molar-refractivity contribution is -0.139. The van der Waals surface area contributed by atoms with Crippen molar-refractivity contribution in [3.05, 3.63) is 108 Å². The van der Waals surface area contributed by atoms with Gasteiger partial charge in [0.15, 0.2) is 16.3 Å². The molecule has 4 heterocycles. The van der Waals surface area contributed by atoms with E-state index in [1.165, 1.54) is 16.9 Å². The van der Waals surface area contributed by atoms with Crippen molar-refractivity contribution in [1.82, 2.24) is 9.13 Å². The summed E-state index contributed by atoms with van der Waals surface area (Å²) in [7, 11) is 0. The molecule has 0 unspecified atom stereocenters. The van der Waals surface area contributed by atoms with E-state index in [1.807, 2.05) is 50.3 Å². The van der Waals surface area contributed by atoms with Crippen LogP contribution in [-0.2, 0) is 9.53 Å². The Morgan fingerprint density at radius 1 is 1.10 bits per heavy atom. The molecular formula is C33H33N3O5S. The molecule has 216 valence electrons. The van der Waals surface area contributed by atoms with Gasteiger partial charge in [0.05, 0.1) is 28.5 Å². The molecule has 0 spiro atoms. The van der Waals surface area contributed by atoms with Gasteiger partial charge in [0.25, 0.3) is 5.56 Å². The number of allylic oxidation sites excluding steroid dienone is 1. The van der Waals surface area contributed by atoms with Crippen molar-refractivity contribution < 1.29 is 19.0 Å². The third-order valence-corrected chi connectivity index (χ3v) is 8.79. The zero-order chi connectivity index (χ0) is 29.7. The SMILES string of the molecule is CCOC(=O)C1=C(C)N=c2s/c(=C/c3cc(C)n(-c4ccc5c(c4)OCO5)c3C)c(=O)n2[C@H]1c1ccc(C(C)C)cc1. The molecule has 42 heavy (non-hydrogen) atoms. The molecule has 0 N–H and O–H groups in total. The van der Waals surface area contributed by atoms with Crippen molar-refractivity contribution >= 4 is 23.4 Å². The third kappa shape index (κ3) is 4.67. The van der Waals surface area contributed by atoms with Crippen LogP contribution >= 0.6 is 11.3 Å². The maximum absolute atomic E-state index is 14.1. The van der Waals surface area contributed by atoms with Crippen molar-refractivity contribution in [1.29, 1.82) is 0 Å². The van der Waals surface area contributed by atoms with Gasteiger partial charge in [0.1, 0.15) is 0 Å². The number of aryl methyl sites for hydroxylation is 1. The molecule has 9 heteroatoms. The summed E-state index contributed by atoms with van der Waals surface area (Å²) in [5.74, 6) is 1.34. The molecule has 0 saturated heterocycles. The molecule has 2 aliphatic heterocycles. The largest absolute Gasteiger partial charge is 0.463 e. The van der Waals surface area contributed by atoms with Crippen molar-refractivity contribution in [3.63, 3.8) is 0 Å². The third-order valence-electron chi connectivity index (χ3n) is 7.81. The van der Waals surface area contributed by atoms with Gasteiger partial charge in [0, 0.05) is 23.1 Å². The highest BCUT2D eigenvalue weighted by atomic mass is 32.1. The van der Waals surface area contributed by atoms with Crippen LogP contribution in [0.25, 0.3) is 11.8 Å². The lowest BCUT2D eigenvalue weighted by Gasteiger charge is -2.25. The molecule has 0 bridgehead atoms. The molecule has 4 aromatic rings. The maximum atomic E-state index is 14.1. The maximum Gasteiger partial charge on any atom is 0.338 e. The van der Waals surface area contributed by atoms with Crippen LogP contribution in [0.15, 0.2) is 69.6 Å². The number of ether oxygens (including phenoxy) is 3. The Labute approximate surface area is 247 Å². The van der Waals surface area contributed by atoms with Gasteiger partial charge in [-0.3, -0.25) is 9.36 Å². The highest BCUT2D eigenvalue weighted by Crippen LogP contribution is 2.35. The number of hydrogen-bond acceptors (Lipinski definition) is 7. The Bertz CT molecular complexity index is 1930. The number of fused-ring (bicyclic) bond motifs is 2. The van der Waals surface area contributed by atoms with Crippen LogP contribution in [0.4, 0.5) is 0 Å². The van der Waals surface area contributed by atoms with Gasteiger partial charge >= 0.3 is 5.97 Å². The summed E-state index contributed by atoms with van der Waals surface area (Å²) < 4.78 is 20.8. The zero-order valence-corrected chi connectivity index (χ0v) is 25.4. The van der Waals surface area contributed by atoms with Gasteiger partial charge in [-0.2, -0.15) is 0 Å². The number of aromatic nitrogens is 2. The lowest BCUT2D eigenvalue weighted by Crippen LogP contribution is -2.39. The number of hydrogen-bond donors (Lipinski definition) is 0. The average molecular weight is 584 g/mol. The van der Waals surface area contributed by atoms with E-state index in [2.05, 4.69) is 36.6 Å². The molecule has 0 amide bonds. The Morgan fingerprint density at radius 3 is 2.55 bits per heavy atom. The van der Waals surface area contributed by atoms with Crippen LogP contribution in [0.1, 0.15) is 67.7 Å². The highest BCUT2D eigenvalue weighted by molar-refractivity contribution is 7.07. The van der Waals surface area contributed by atoms with E-state index < -0.39 is 12.0 Å². The van der Waals surface area contributed by atoms with Crippen molar-refractivity contribution in [2.75, 3.05) is 13.4 Å². The average Bonchev–Trinajstić information content (AvgIpc) is 3.63. The van der Waals surface area contributed by atoms with Crippen molar-refractivity contribution in [2.24, 2.45) is 4.99 Å². The summed E-state index contributed by atoms with van der Waals surface area (Å²) in [4.78, 5) is 32.5. The molecular weight excluding hydrogens is 550 g/mol. The smallest absolute Gasteiger partial charge is 0.338 e. The first-order valence-corrected chi connectivity index (χ1v) is 14.9. The summed E-state index contributed by atoms with van der Waals surface area (Å²) in [5, 5.41) is 0. The second-order valence-electron chi connectivity index (χ2n) is 10.8. The fourth-order valence-corrected chi connectivity index (χ4v) is 6.70. The number of benzene rings is 2. The Kier molecular flexibility index (Phi) is 7.14. The zero-order valence-electron chi connectivity index (χ0n) is 24.6. The summed E-state index contributed by atoms with van der Waals surface area (Å²) in [6, 6.07) is 15.4. The predicted molar refractivity (Wildman–Crippen MR) is 162 cm³/mol. The molecule has 8 nitrogen and oxygen atoms in total. The monoisotopic (exact) mass is 583 g/mol. The van der Waals surface area contributed by atoms with Gasteiger partial charge in [0.2, 0.25) is 6.79 Å². The predicted octanol–water partition coefficient (Wildman–Crippen LogP) is 5.06. The van der Waals surface area contributed by atoms with Gasteiger partial charge in [-0.05, 0) is 74.6 Å². The van der Waals surface area contributed by atoms with Crippen molar-refractivity contribution in [3.8, 4) is 17.2 Å². The number of carbonyl (C=O) groups excluding carboxylic acids is 1. The van der Waals surface area contributed by atoms with Gasteiger partial charge in [-0.1, -0.05) is 49.4 Å². The van der Waals surface area contributed by atoms with E-state index in [0.29, 0.717) is 32.3 Å². The van der Waals surface area contributed by atoms with Crippen LogP contribution in [0.3, 0.4) is 0 Å². The first kappa shape index (κ1) is 27.8. The fraction of sp³-hybridized carbons (Fsp3) is 0.303. The van der Waals surface area contributed by atoms with Gasteiger partial charge in [-0.25, -0.2) is 9.79 Å². The molecule has 0 radical (unpaired) electrons. The normalized spacial score (nSPS) is 16.2. The summed E-state index contributed by atoms with van der Waals surface area (Å²) >= 11 is 1.33. The molecule has 2 aromatic heterocycles. The second-order valence-corrected chi connectivity index (χ2v) is 11.8. The molecule has 6 rings (SSSR count). The van der Waals surface area contributed by atoms with Crippen LogP contribution in [0.5, 0.6) is 11.5 Å². The number of esters is 1. The summed E-state index contributed by atoms with van der Waals surface area (Å²) in [6.07, 6.45) is 1.91. The standard InChI is InChI=1S/C33H33N3O5S/c1-7-39-32(38)29-20(5)34-33-36(30(29)23-10-8-22(9-11-23)18(2)3)31(37)28(42-33)15-24-14-19(4)35(21(24)6)25-12-13-26-27(16-25)41-17-40-26/h8-16,18,30H,7,17H2,1-6H3/b28-15+/t30-/m0/s1. The molecule has 0 aliphatic carbocycles. The minimum absolute atomic E-state index is 0.195. The van der Waals surface area contributed by atoms with E-state index in [9.17, 15) is 9.59 Å². The van der Waals surface area contributed by atoms with Crippen LogP contribution < -0.4 is 24.4 Å². The molecule has 0 fully saturated rings. The first-order valence-electron chi connectivity index (χ1n) is 14.1. The topological polar surface area (TPSA) is 84.1 Å². The van der Waals surface area contributed by atoms with Gasteiger partial charge in [-0.15, -0.1) is 0 Å². The molecule has 1 atom stereocenters. The second kappa shape index (κ2) is 10.8. The minimum Gasteiger partial charge on any atom is -0.463 e. The number of rotatable bonds is 6. The summed E-state index contributed by atoms with van der Waals surface area (Å²) in [6.45, 7) is 12.4. The Balaban J connectivity index is 1.48. The first-order chi connectivity index (χ1) is 20.2. The number of thiazole rings is 1. The number of nitrogens with zero attached hydrogens (tertiary/aromatic N) is 3. The van der Waals surface area contributed by atoms with Crippen molar-refractivity contribution in [2.45, 2.75) is 53.5 Å². The lowest BCUT2D eigenvalue weighted by atomic mass is 9.93. The van der Waals surface area contributed by atoms with E-state index >= 15 is 0 Å². The highest BCUT2D eigenvalue weighted by Gasteiger charge is 2.33. The van der Waals surface area contributed by atoms with Gasteiger partial charge < -0.3 is 18.8 Å². The van der Waals surface area contributed by atoms with E-state index in [0.717, 1.165) is 34.0 Å².